The molecule has 0 saturated heterocycles. The number of phenols is 1. The van der Waals surface area contributed by atoms with Crippen LogP contribution in [-0.2, 0) is 7.05 Å². The fraction of sp³-hybridized carbons (Fsp3) is 0.0667. The van der Waals surface area contributed by atoms with E-state index in [1.54, 1.807) is 29.7 Å². The van der Waals surface area contributed by atoms with Gasteiger partial charge in [0.1, 0.15) is 5.75 Å². The largest absolute Gasteiger partial charge is 0.506 e. The number of thiazole rings is 1. The summed E-state index contributed by atoms with van der Waals surface area (Å²) < 4.78 is 4.40. The van der Waals surface area contributed by atoms with Crippen LogP contribution in [0.5, 0.6) is 5.75 Å². The summed E-state index contributed by atoms with van der Waals surface area (Å²) in [5.74, 6) is 0.171. The van der Waals surface area contributed by atoms with Crippen LogP contribution < -0.4 is 4.80 Å². The van der Waals surface area contributed by atoms with Gasteiger partial charge >= 0.3 is 0 Å². The molecule has 0 saturated carbocycles. The first-order valence-corrected chi connectivity index (χ1v) is 8.76. The van der Waals surface area contributed by atoms with E-state index in [4.69, 9.17) is 0 Å². The molecule has 0 aliphatic heterocycles. The van der Waals surface area contributed by atoms with Crippen LogP contribution in [0.2, 0.25) is 0 Å². The van der Waals surface area contributed by atoms with E-state index in [1.807, 2.05) is 23.7 Å². The first-order valence-electron chi connectivity index (χ1n) is 6.36. The van der Waals surface area contributed by atoms with Gasteiger partial charge in [-0.25, -0.2) is 0 Å². The molecule has 3 aromatic rings. The molecule has 0 amide bonds. The molecule has 1 heterocycles. The zero-order valence-electron chi connectivity index (χ0n) is 11.5. The number of aromatic hydroxyl groups is 1. The molecule has 7 heteroatoms. The highest BCUT2D eigenvalue weighted by atomic mass is 79.9. The van der Waals surface area contributed by atoms with E-state index in [0.29, 0.717) is 8.95 Å². The number of benzene rings is 2. The molecular formula is C15H11Br2N3OS. The van der Waals surface area contributed by atoms with E-state index in [1.165, 1.54) is 4.70 Å². The fourth-order valence-corrected chi connectivity index (χ4v) is 4.18. The van der Waals surface area contributed by atoms with Crippen molar-refractivity contribution in [3.63, 3.8) is 0 Å². The molecule has 0 spiro atoms. The quantitative estimate of drug-likeness (QED) is 0.465. The number of nitrogens with zero attached hydrogens (tertiary/aromatic N) is 3. The number of aromatic nitrogens is 1. The monoisotopic (exact) mass is 439 g/mol. The van der Waals surface area contributed by atoms with Crippen molar-refractivity contribution >= 4 is 59.6 Å². The Labute approximate surface area is 147 Å². The average Bonchev–Trinajstić information content (AvgIpc) is 2.82. The lowest BCUT2D eigenvalue weighted by atomic mass is 10.2. The molecule has 0 aliphatic carbocycles. The lowest BCUT2D eigenvalue weighted by Gasteiger charge is -2.01. The van der Waals surface area contributed by atoms with E-state index in [2.05, 4.69) is 54.2 Å². The van der Waals surface area contributed by atoms with Crippen LogP contribution in [-0.4, -0.2) is 15.9 Å². The second-order valence-corrected chi connectivity index (χ2v) is 7.31. The molecule has 0 aliphatic rings. The number of rotatable bonds is 2. The van der Waals surface area contributed by atoms with Crippen molar-refractivity contribution in [1.29, 1.82) is 0 Å². The van der Waals surface area contributed by atoms with Crippen LogP contribution in [0.1, 0.15) is 5.56 Å². The van der Waals surface area contributed by atoms with Gasteiger partial charge in [0.05, 0.1) is 25.4 Å². The molecule has 1 aromatic heterocycles. The van der Waals surface area contributed by atoms with Crippen molar-refractivity contribution in [2.45, 2.75) is 0 Å². The highest BCUT2D eigenvalue weighted by molar-refractivity contribution is 9.11. The molecule has 0 atom stereocenters. The van der Waals surface area contributed by atoms with Gasteiger partial charge in [-0.15, -0.1) is 5.10 Å². The van der Waals surface area contributed by atoms with Crippen LogP contribution in [0.15, 0.2) is 55.5 Å². The van der Waals surface area contributed by atoms with E-state index in [0.717, 1.165) is 15.9 Å². The second-order valence-electron chi connectivity index (χ2n) is 4.59. The van der Waals surface area contributed by atoms with Gasteiger partial charge in [-0.3, -0.25) is 0 Å². The van der Waals surface area contributed by atoms with Gasteiger partial charge in [0.25, 0.3) is 0 Å². The van der Waals surface area contributed by atoms with Gasteiger partial charge in [-0.1, -0.05) is 23.5 Å². The van der Waals surface area contributed by atoms with Gasteiger partial charge in [0.2, 0.25) is 4.80 Å². The van der Waals surface area contributed by atoms with Crippen molar-refractivity contribution < 1.29 is 5.11 Å². The minimum absolute atomic E-state index is 0.171. The summed E-state index contributed by atoms with van der Waals surface area (Å²) in [6.45, 7) is 0. The van der Waals surface area contributed by atoms with Crippen molar-refractivity contribution in [3.8, 4) is 5.75 Å². The third-order valence-electron chi connectivity index (χ3n) is 3.10. The Balaban J connectivity index is 1.97. The number of aryl methyl sites for hydroxylation is 1. The minimum Gasteiger partial charge on any atom is -0.506 e. The van der Waals surface area contributed by atoms with Gasteiger partial charge in [-0.05, 0) is 61.7 Å². The third kappa shape index (κ3) is 3.02. The summed E-state index contributed by atoms with van der Waals surface area (Å²) in [5.41, 5.74) is 1.97. The summed E-state index contributed by atoms with van der Waals surface area (Å²) in [7, 11) is 1.97. The summed E-state index contributed by atoms with van der Waals surface area (Å²) in [4.78, 5) is 0.828. The predicted molar refractivity (Wildman–Crippen MR) is 97.5 cm³/mol. The number of phenolic OH excluding ortho intramolecular Hbond substituents is 1. The lowest BCUT2D eigenvalue weighted by molar-refractivity contribution is 0.468. The molecule has 4 nitrogen and oxygen atoms in total. The molecule has 22 heavy (non-hydrogen) atoms. The maximum absolute atomic E-state index is 9.69. The van der Waals surface area contributed by atoms with Crippen molar-refractivity contribution in [1.82, 2.24) is 4.57 Å². The van der Waals surface area contributed by atoms with Crippen LogP contribution in [0, 0.1) is 0 Å². The minimum atomic E-state index is 0.171. The topological polar surface area (TPSA) is 49.9 Å². The summed E-state index contributed by atoms with van der Waals surface area (Å²) >= 11 is 8.18. The maximum Gasteiger partial charge on any atom is 0.211 e. The normalized spacial score (nSPS) is 12.6. The van der Waals surface area contributed by atoms with Crippen LogP contribution in [0.25, 0.3) is 10.2 Å². The van der Waals surface area contributed by atoms with Crippen LogP contribution >= 0.6 is 43.2 Å². The molecule has 112 valence electrons. The summed E-state index contributed by atoms with van der Waals surface area (Å²) in [5, 5.41) is 18.1. The zero-order valence-corrected chi connectivity index (χ0v) is 15.5. The van der Waals surface area contributed by atoms with Gasteiger partial charge in [0.15, 0.2) is 0 Å². The first-order chi connectivity index (χ1) is 10.6. The van der Waals surface area contributed by atoms with Crippen LogP contribution in [0.4, 0.5) is 0 Å². The fourth-order valence-electron chi connectivity index (χ4n) is 1.98. The van der Waals surface area contributed by atoms with E-state index in [9.17, 15) is 5.11 Å². The Bertz CT molecular complexity index is 920. The smallest absolute Gasteiger partial charge is 0.211 e. The Morgan fingerprint density at radius 2 is 1.86 bits per heavy atom. The maximum atomic E-state index is 9.69. The standard InChI is InChI=1S/C15H11Br2N3OS/c1-20-12-4-2-3-5-13(12)22-15(20)19-18-8-9-6-10(16)14(21)11(17)7-9/h2-8,21H,1H3. The number of hydrogen-bond acceptors (Lipinski definition) is 4. The average molecular weight is 441 g/mol. The molecule has 0 unspecified atom stereocenters. The zero-order chi connectivity index (χ0) is 15.7. The van der Waals surface area contributed by atoms with Crippen molar-refractivity contribution in [2.75, 3.05) is 0 Å². The second kappa shape index (κ2) is 6.36. The molecule has 1 N–H and O–H groups in total. The highest BCUT2D eigenvalue weighted by Crippen LogP contribution is 2.32. The highest BCUT2D eigenvalue weighted by Gasteiger charge is 2.04. The Morgan fingerprint density at radius 1 is 1.18 bits per heavy atom. The Hall–Kier alpha value is -1.44. The molecule has 3 rings (SSSR count). The molecular weight excluding hydrogens is 430 g/mol. The number of halogens is 2. The Morgan fingerprint density at radius 3 is 2.55 bits per heavy atom. The van der Waals surface area contributed by atoms with Gasteiger partial charge in [-0.2, -0.15) is 5.10 Å². The lowest BCUT2D eigenvalue weighted by Crippen LogP contribution is -2.08. The summed E-state index contributed by atoms with van der Waals surface area (Å²) in [6.07, 6.45) is 1.65. The van der Waals surface area contributed by atoms with Gasteiger partial charge < -0.3 is 9.67 Å². The van der Waals surface area contributed by atoms with Crippen molar-refractivity contribution in [2.24, 2.45) is 17.3 Å². The first kappa shape index (κ1) is 15.5. The molecule has 0 bridgehead atoms. The summed E-state index contributed by atoms with van der Waals surface area (Å²) in [6, 6.07) is 11.7. The molecule has 0 fully saturated rings. The van der Waals surface area contributed by atoms with Crippen LogP contribution in [0.3, 0.4) is 0 Å². The van der Waals surface area contributed by atoms with E-state index in [-0.39, 0.29) is 5.75 Å². The number of hydrogen-bond donors (Lipinski definition) is 1. The van der Waals surface area contributed by atoms with E-state index < -0.39 is 0 Å². The molecule has 0 radical (unpaired) electrons. The predicted octanol–water partition coefficient (Wildman–Crippen LogP) is 4.41. The van der Waals surface area contributed by atoms with Crippen molar-refractivity contribution in [3.05, 3.63) is 55.7 Å². The van der Waals surface area contributed by atoms with E-state index >= 15 is 0 Å². The Kier molecular flexibility index (Phi) is 4.46. The molecule has 2 aromatic carbocycles. The van der Waals surface area contributed by atoms with Gasteiger partial charge in [0, 0.05) is 7.05 Å². The third-order valence-corrected chi connectivity index (χ3v) is 5.42. The number of para-hydroxylation sites is 1. The SMILES string of the molecule is Cn1c(=NN=Cc2cc(Br)c(O)c(Br)c2)sc2ccccc21. The number of fused-ring (bicyclic) bond motifs is 1.